The van der Waals surface area contributed by atoms with E-state index in [1.165, 1.54) is 28.7 Å². The average Bonchev–Trinajstić information content (AvgIpc) is 2.69. The van der Waals surface area contributed by atoms with E-state index >= 15 is 0 Å². The maximum absolute atomic E-state index is 11.4. The number of nitrogens with one attached hydrogen (secondary N) is 1. The Morgan fingerprint density at radius 2 is 1.58 bits per heavy atom. The molecule has 1 N–H and O–H groups in total. The number of ether oxygens (including phenoxy) is 1. The predicted molar refractivity (Wildman–Crippen MR) is 107 cm³/mol. The van der Waals surface area contributed by atoms with Crippen molar-refractivity contribution >= 4 is 38.9 Å². The summed E-state index contributed by atoms with van der Waals surface area (Å²) in [4.78, 5) is 11.4. The van der Waals surface area contributed by atoms with Gasteiger partial charge in [-0.2, -0.15) is 0 Å². The van der Waals surface area contributed by atoms with E-state index in [-0.39, 0.29) is 12.4 Å². The molecule has 0 bridgehead atoms. The lowest BCUT2D eigenvalue weighted by molar-refractivity contribution is -0.139. The van der Waals surface area contributed by atoms with Crippen LogP contribution < -0.4 is 5.32 Å². The van der Waals surface area contributed by atoms with Crippen molar-refractivity contribution in [1.29, 1.82) is 0 Å². The maximum Gasteiger partial charge on any atom is 0.309 e. The van der Waals surface area contributed by atoms with Crippen molar-refractivity contribution in [3.63, 3.8) is 0 Å². The van der Waals surface area contributed by atoms with Crippen molar-refractivity contribution in [2.45, 2.75) is 6.42 Å². The van der Waals surface area contributed by atoms with Gasteiger partial charge in [0.2, 0.25) is 0 Å². The summed E-state index contributed by atoms with van der Waals surface area (Å²) < 4.78 is 4.71. The second kappa shape index (κ2) is 6.89. The molecule has 0 atom stereocenters. The van der Waals surface area contributed by atoms with Crippen LogP contribution in [0.5, 0.6) is 0 Å². The van der Waals surface area contributed by atoms with Gasteiger partial charge in [0.1, 0.15) is 0 Å². The summed E-state index contributed by atoms with van der Waals surface area (Å²) in [5.74, 6) is -0.230. The number of carbonyl (C=O) groups is 1. The maximum atomic E-state index is 11.4. The molecular formula is C23H19NO2. The molecule has 4 aromatic carbocycles. The Hall–Kier alpha value is -3.33. The second-order valence-corrected chi connectivity index (χ2v) is 6.26. The number of hydrogen-bond donors (Lipinski definition) is 1. The third-order valence-electron chi connectivity index (χ3n) is 4.60. The van der Waals surface area contributed by atoms with Crippen LogP contribution in [0, 0.1) is 0 Å². The first-order chi connectivity index (χ1) is 12.7. The van der Waals surface area contributed by atoms with Crippen LogP contribution in [0.25, 0.3) is 21.5 Å². The summed E-state index contributed by atoms with van der Waals surface area (Å²) in [6.45, 7) is 0. The molecule has 0 radical (unpaired) electrons. The number of rotatable bonds is 4. The molecule has 0 aliphatic rings. The normalized spacial score (nSPS) is 10.8. The highest BCUT2D eigenvalue weighted by Gasteiger charge is 2.06. The van der Waals surface area contributed by atoms with Gasteiger partial charge in [-0.25, -0.2) is 0 Å². The summed E-state index contributed by atoms with van der Waals surface area (Å²) in [6.07, 6.45) is 0.289. The van der Waals surface area contributed by atoms with E-state index in [0.717, 1.165) is 16.9 Å². The highest BCUT2D eigenvalue weighted by atomic mass is 16.5. The minimum atomic E-state index is -0.230. The van der Waals surface area contributed by atoms with Crippen LogP contribution in [0.4, 0.5) is 11.4 Å². The van der Waals surface area contributed by atoms with Gasteiger partial charge in [-0.3, -0.25) is 4.79 Å². The second-order valence-electron chi connectivity index (χ2n) is 6.26. The van der Waals surface area contributed by atoms with Crippen molar-refractivity contribution in [2.75, 3.05) is 12.4 Å². The van der Waals surface area contributed by atoms with Crippen molar-refractivity contribution in [1.82, 2.24) is 0 Å². The molecule has 0 saturated heterocycles. The van der Waals surface area contributed by atoms with Gasteiger partial charge in [0.15, 0.2) is 0 Å². The summed E-state index contributed by atoms with van der Waals surface area (Å²) in [5.41, 5.74) is 2.99. The molecule has 0 heterocycles. The molecule has 0 fully saturated rings. The van der Waals surface area contributed by atoms with Gasteiger partial charge in [0, 0.05) is 16.8 Å². The average molecular weight is 341 g/mol. The van der Waals surface area contributed by atoms with E-state index in [2.05, 4.69) is 59.9 Å². The lowest BCUT2D eigenvalue weighted by atomic mass is 10.0. The Morgan fingerprint density at radius 1 is 0.808 bits per heavy atom. The Labute approximate surface area is 152 Å². The van der Waals surface area contributed by atoms with Gasteiger partial charge in [0.25, 0.3) is 0 Å². The van der Waals surface area contributed by atoms with Crippen LogP contribution in [0.3, 0.4) is 0 Å². The lowest BCUT2D eigenvalue weighted by Crippen LogP contribution is -2.04. The smallest absolute Gasteiger partial charge is 0.309 e. The Kier molecular flexibility index (Phi) is 4.28. The van der Waals surface area contributed by atoms with Crippen LogP contribution in [0.1, 0.15) is 5.56 Å². The molecule has 3 nitrogen and oxygen atoms in total. The Balaban J connectivity index is 1.67. The minimum Gasteiger partial charge on any atom is -0.469 e. The van der Waals surface area contributed by atoms with Crippen molar-refractivity contribution in [3.05, 3.63) is 84.4 Å². The summed E-state index contributed by atoms with van der Waals surface area (Å²) in [6, 6.07) is 26.9. The van der Waals surface area contributed by atoms with Crippen LogP contribution in [0.2, 0.25) is 0 Å². The van der Waals surface area contributed by atoms with Gasteiger partial charge < -0.3 is 10.1 Å². The summed E-state index contributed by atoms with van der Waals surface area (Å²) in [7, 11) is 1.41. The predicted octanol–water partition coefficient (Wildman–Crippen LogP) is 5.45. The van der Waals surface area contributed by atoms with E-state index < -0.39 is 0 Å². The molecule has 0 amide bonds. The van der Waals surface area contributed by atoms with Gasteiger partial charge in [-0.05, 0) is 39.9 Å². The number of carbonyl (C=O) groups excluding carboxylic acids is 1. The highest BCUT2D eigenvalue weighted by Crippen LogP contribution is 2.31. The van der Waals surface area contributed by atoms with Crippen LogP contribution in [-0.2, 0) is 16.0 Å². The van der Waals surface area contributed by atoms with E-state index in [1.807, 2.05) is 24.3 Å². The number of benzene rings is 4. The number of anilines is 2. The first-order valence-corrected chi connectivity index (χ1v) is 8.58. The third kappa shape index (κ3) is 3.11. The summed E-state index contributed by atoms with van der Waals surface area (Å²) in [5, 5.41) is 8.40. The quantitative estimate of drug-likeness (QED) is 0.396. The molecular weight excluding hydrogens is 322 g/mol. The minimum absolute atomic E-state index is 0.230. The molecule has 0 aliphatic heterocycles. The van der Waals surface area contributed by atoms with Crippen LogP contribution in [-0.4, -0.2) is 13.1 Å². The number of esters is 1. The Morgan fingerprint density at radius 3 is 2.38 bits per heavy atom. The monoisotopic (exact) mass is 341 g/mol. The zero-order valence-corrected chi connectivity index (χ0v) is 14.5. The van der Waals surface area contributed by atoms with Gasteiger partial charge in [-0.15, -0.1) is 0 Å². The SMILES string of the molecule is COC(=O)Cc1ccc(Nc2cccc3c2ccc2ccccc23)cc1. The topological polar surface area (TPSA) is 38.3 Å². The number of methoxy groups -OCH3 is 1. The zero-order valence-electron chi connectivity index (χ0n) is 14.5. The Bertz CT molecular complexity index is 1080. The molecule has 0 saturated carbocycles. The van der Waals surface area contributed by atoms with Crippen LogP contribution in [0.15, 0.2) is 78.9 Å². The first-order valence-electron chi connectivity index (χ1n) is 8.58. The lowest BCUT2D eigenvalue weighted by Gasteiger charge is -2.12. The van der Waals surface area contributed by atoms with E-state index in [9.17, 15) is 4.79 Å². The van der Waals surface area contributed by atoms with E-state index in [4.69, 9.17) is 4.74 Å². The van der Waals surface area contributed by atoms with Crippen molar-refractivity contribution in [2.24, 2.45) is 0 Å². The van der Waals surface area contributed by atoms with E-state index in [1.54, 1.807) is 0 Å². The molecule has 0 aliphatic carbocycles. The molecule has 26 heavy (non-hydrogen) atoms. The molecule has 0 spiro atoms. The van der Waals surface area contributed by atoms with Crippen molar-refractivity contribution in [3.8, 4) is 0 Å². The third-order valence-corrected chi connectivity index (χ3v) is 4.60. The fourth-order valence-electron chi connectivity index (χ4n) is 3.25. The molecule has 0 unspecified atom stereocenters. The number of hydrogen-bond acceptors (Lipinski definition) is 3. The molecule has 4 rings (SSSR count). The number of fused-ring (bicyclic) bond motifs is 3. The van der Waals surface area contributed by atoms with Gasteiger partial charge >= 0.3 is 5.97 Å². The van der Waals surface area contributed by atoms with E-state index in [0.29, 0.717) is 0 Å². The highest BCUT2D eigenvalue weighted by molar-refractivity contribution is 6.11. The molecule has 3 heteroatoms. The fourth-order valence-corrected chi connectivity index (χ4v) is 3.25. The van der Waals surface area contributed by atoms with Gasteiger partial charge in [-0.1, -0.05) is 60.7 Å². The van der Waals surface area contributed by atoms with Crippen LogP contribution >= 0.6 is 0 Å². The van der Waals surface area contributed by atoms with Crippen molar-refractivity contribution < 1.29 is 9.53 Å². The summed E-state index contributed by atoms with van der Waals surface area (Å²) >= 11 is 0. The zero-order chi connectivity index (χ0) is 17.9. The first kappa shape index (κ1) is 16.2. The standard InChI is InChI=1S/C23H19NO2/c1-26-23(25)15-16-9-12-18(13-10-16)24-22-8-4-7-20-19-6-3-2-5-17(19)11-14-21(20)22/h2-14,24H,15H2,1H3. The molecule has 0 aromatic heterocycles. The molecule has 128 valence electrons. The fraction of sp³-hybridized carbons (Fsp3) is 0.0870. The van der Waals surface area contributed by atoms with Gasteiger partial charge in [0.05, 0.1) is 13.5 Å². The molecule has 4 aromatic rings. The largest absolute Gasteiger partial charge is 0.469 e.